The summed E-state index contributed by atoms with van der Waals surface area (Å²) >= 11 is 0. The van der Waals surface area contributed by atoms with Gasteiger partial charge in [0.15, 0.2) is 6.23 Å². The van der Waals surface area contributed by atoms with Gasteiger partial charge in [0.1, 0.15) is 18.3 Å². The maximum atomic E-state index is 12.3. The number of hydrogen-bond donors (Lipinski definition) is 5. The van der Waals surface area contributed by atoms with Gasteiger partial charge in [-0.05, 0) is 0 Å². The van der Waals surface area contributed by atoms with Crippen LogP contribution in [0.5, 0.6) is 0 Å². The molecule has 2 aliphatic rings. The van der Waals surface area contributed by atoms with E-state index >= 15 is 0 Å². The van der Waals surface area contributed by atoms with Crippen LogP contribution in [0.25, 0.3) is 0 Å². The highest BCUT2D eigenvalue weighted by Gasteiger charge is 2.55. The van der Waals surface area contributed by atoms with Gasteiger partial charge in [0.2, 0.25) is 0 Å². The van der Waals surface area contributed by atoms with Crippen molar-refractivity contribution in [2.24, 2.45) is 0 Å². The predicted molar refractivity (Wildman–Crippen MR) is 99.4 cm³/mol. The minimum absolute atomic E-state index is 0.239. The lowest BCUT2D eigenvalue weighted by molar-refractivity contribution is -0.139. The van der Waals surface area contributed by atoms with Crippen LogP contribution in [-0.2, 0) is 51.8 Å². The molecule has 2 fully saturated rings. The van der Waals surface area contributed by atoms with Crippen molar-refractivity contribution < 1.29 is 65.4 Å². The van der Waals surface area contributed by atoms with Gasteiger partial charge in [0, 0.05) is 11.8 Å². The molecule has 2 aliphatic heterocycles. The second-order valence-corrected chi connectivity index (χ2v) is 11.5. The number of phosphoric acid groups is 3. The highest BCUT2D eigenvalue weighted by molar-refractivity contribution is 7.74. The van der Waals surface area contributed by atoms with Gasteiger partial charge >= 0.3 is 35.1 Å². The second-order valence-electron chi connectivity index (χ2n) is 6.55. The number of aromatic amines is 1. The van der Waals surface area contributed by atoms with Crippen molar-refractivity contribution in [3.05, 3.63) is 32.6 Å². The molecule has 1 aromatic rings. The summed E-state index contributed by atoms with van der Waals surface area (Å²) in [5.74, 6) is -0.812. The molecular formula is C12H17N2O16P3. The molecule has 0 radical (unpaired) electrons. The first-order chi connectivity index (χ1) is 15.2. The molecular weight excluding hydrogens is 521 g/mol. The maximum absolute atomic E-state index is 12.3. The van der Waals surface area contributed by atoms with Gasteiger partial charge < -0.3 is 29.5 Å². The van der Waals surface area contributed by atoms with Gasteiger partial charge in [-0.3, -0.25) is 23.7 Å². The molecule has 0 aliphatic carbocycles. The second kappa shape index (κ2) is 9.26. The van der Waals surface area contributed by atoms with E-state index in [4.69, 9.17) is 4.74 Å². The molecule has 0 bridgehead atoms. The molecule has 21 heteroatoms. The van der Waals surface area contributed by atoms with E-state index < -0.39 is 78.3 Å². The molecule has 6 unspecified atom stereocenters. The van der Waals surface area contributed by atoms with Gasteiger partial charge in [0.05, 0.1) is 20.1 Å². The van der Waals surface area contributed by atoms with Gasteiger partial charge in [-0.2, -0.15) is 12.9 Å². The average Bonchev–Trinajstić information content (AvgIpc) is 2.94. The van der Waals surface area contributed by atoms with E-state index in [0.29, 0.717) is 4.57 Å². The fraction of sp³-hybridized carbons (Fsp3) is 0.583. The molecule has 33 heavy (non-hydrogen) atoms. The van der Waals surface area contributed by atoms with Crippen molar-refractivity contribution in [2.45, 2.75) is 31.0 Å². The number of aliphatic hydroxyl groups excluding tert-OH is 2. The summed E-state index contributed by atoms with van der Waals surface area (Å²) in [5, 5.41) is 20.5. The zero-order valence-electron chi connectivity index (χ0n) is 16.3. The molecule has 0 saturated carbocycles. The quantitative estimate of drug-likeness (QED) is 0.199. The SMILES string of the molecule is COC(=O)Cc1cn(C2OC(COP3(=O)OP(=O)(O)OP(=O)(O)O3)C(O)C2O)c(=O)[nH]c1=O. The smallest absolute Gasteiger partial charge is 0.469 e. The normalized spacial score (nSPS) is 38.8. The molecule has 2 saturated heterocycles. The summed E-state index contributed by atoms with van der Waals surface area (Å²) < 4.78 is 62.0. The van der Waals surface area contributed by atoms with Crippen LogP contribution in [0.3, 0.4) is 0 Å². The fourth-order valence-corrected chi connectivity index (χ4v) is 7.74. The van der Waals surface area contributed by atoms with Crippen LogP contribution in [0.2, 0.25) is 0 Å². The lowest BCUT2D eigenvalue weighted by atomic mass is 10.1. The number of carbonyl (C=O) groups excluding carboxylic acids is 1. The first kappa shape index (κ1) is 26.1. The Morgan fingerprint density at radius 3 is 2.30 bits per heavy atom. The Bertz CT molecular complexity index is 1160. The molecule has 6 atom stereocenters. The minimum atomic E-state index is -5.31. The number of esters is 1. The van der Waals surface area contributed by atoms with Gasteiger partial charge in [-0.1, -0.05) is 0 Å². The first-order valence-corrected chi connectivity index (χ1v) is 13.1. The Labute approximate surface area is 182 Å². The van der Waals surface area contributed by atoms with Crippen LogP contribution in [0.4, 0.5) is 0 Å². The van der Waals surface area contributed by atoms with Crippen molar-refractivity contribution in [3.8, 4) is 0 Å². The van der Waals surface area contributed by atoms with E-state index in [2.05, 4.69) is 22.2 Å². The highest BCUT2D eigenvalue weighted by Crippen LogP contribution is 2.80. The van der Waals surface area contributed by atoms with Crippen LogP contribution in [0.1, 0.15) is 11.8 Å². The fourth-order valence-electron chi connectivity index (χ4n) is 2.81. The van der Waals surface area contributed by atoms with E-state index in [9.17, 15) is 48.1 Å². The summed E-state index contributed by atoms with van der Waals surface area (Å²) in [6.45, 7) is -1.00. The Morgan fingerprint density at radius 1 is 1.12 bits per heavy atom. The largest absolute Gasteiger partial charge is 0.492 e. The molecule has 186 valence electrons. The number of ether oxygens (including phenoxy) is 2. The molecule has 0 amide bonds. The molecule has 3 heterocycles. The Morgan fingerprint density at radius 2 is 1.73 bits per heavy atom. The molecule has 0 spiro atoms. The third kappa shape index (κ3) is 5.95. The number of hydrogen-bond acceptors (Lipinski definition) is 14. The maximum Gasteiger partial charge on any atom is 0.492 e. The number of carbonyl (C=O) groups is 1. The van der Waals surface area contributed by atoms with Crippen molar-refractivity contribution in [3.63, 3.8) is 0 Å². The number of methoxy groups -OCH3 is 1. The minimum Gasteiger partial charge on any atom is -0.469 e. The number of aromatic nitrogens is 2. The molecule has 18 nitrogen and oxygen atoms in total. The molecule has 3 rings (SSSR count). The van der Waals surface area contributed by atoms with Crippen LogP contribution in [0, 0.1) is 0 Å². The number of nitrogens with zero attached hydrogens (tertiary/aromatic N) is 1. The third-order valence-electron chi connectivity index (χ3n) is 4.23. The topological polar surface area (TPSA) is 259 Å². The zero-order valence-corrected chi connectivity index (χ0v) is 19.0. The van der Waals surface area contributed by atoms with Crippen LogP contribution in [0.15, 0.2) is 15.8 Å². The molecule has 5 N–H and O–H groups in total. The van der Waals surface area contributed by atoms with Crippen molar-refractivity contribution in [1.82, 2.24) is 9.55 Å². The third-order valence-corrected chi connectivity index (χ3v) is 9.59. The van der Waals surface area contributed by atoms with E-state index in [1.165, 1.54) is 0 Å². The molecule has 0 aromatic carbocycles. The number of H-pyrrole nitrogens is 1. The summed E-state index contributed by atoms with van der Waals surface area (Å²) in [5.41, 5.74) is -2.24. The Hall–Kier alpha value is -1.52. The van der Waals surface area contributed by atoms with Gasteiger partial charge in [-0.15, -0.1) is 0 Å². The van der Waals surface area contributed by atoms with Crippen LogP contribution < -0.4 is 11.2 Å². The lowest BCUT2D eigenvalue weighted by Gasteiger charge is -2.27. The predicted octanol–water partition coefficient (Wildman–Crippen LogP) is -1.74. The standard InChI is InChI=1S/C12H17N2O16P3/c1-25-7(15)2-5-3-14(12(19)13-10(5)18)11-9(17)8(16)6(27-11)4-26-33(24)29-31(20,21)28-32(22,23)30-33/h3,6,8-9,11,16-17H,2,4H2,1H3,(H,20,21)(H,22,23)(H,13,18,19). The zero-order chi connectivity index (χ0) is 24.8. The van der Waals surface area contributed by atoms with E-state index in [0.717, 1.165) is 13.3 Å². The first-order valence-electron chi connectivity index (χ1n) is 8.62. The van der Waals surface area contributed by atoms with E-state index in [1.54, 1.807) is 0 Å². The number of aliphatic hydroxyl groups is 2. The average molecular weight is 538 g/mol. The van der Waals surface area contributed by atoms with Crippen molar-refractivity contribution >= 4 is 29.4 Å². The summed E-state index contributed by atoms with van der Waals surface area (Å²) in [6.07, 6.45) is -6.55. The van der Waals surface area contributed by atoms with E-state index in [-0.39, 0.29) is 5.56 Å². The summed E-state index contributed by atoms with van der Waals surface area (Å²) in [4.78, 5) is 55.8. The van der Waals surface area contributed by atoms with Gasteiger partial charge in [0.25, 0.3) is 5.56 Å². The van der Waals surface area contributed by atoms with Crippen LogP contribution >= 0.6 is 23.5 Å². The molecule has 1 aromatic heterocycles. The van der Waals surface area contributed by atoms with E-state index in [1.807, 2.05) is 4.98 Å². The number of nitrogens with one attached hydrogen (secondary N) is 1. The number of rotatable bonds is 6. The lowest BCUT2D eigenvalue weighted by Crippen LogP contribution is -2.39. The van der Waals surface area contributed by atoms with Gasteiger partial charge in [-0.25, -0.2) is 18.5 Å². The summed E-state index contributed by atoms with van der Waals surface area (Å²) in [7, 11) is -14.7. The summed E-state index contributed by atoms with van der Waals surface area (Å²) in [6, 6.07) is 0. The monoisotopic (exact) mass is 538 g/mol. The van der Waals surface area contributed by atoms with Crippen molar-refractivity contribution in [1.29, 1.82) is 0 Å². The van der Waals surface area contributed by atoms with Crippen LogP contribution in [-0.4, -0.2) is 67.5 Å². The van der Waals surface area contributed by atoms with Crippen molar-refractivity contribution in [2.75, 3.05) is 13.7 Å². The Balaban J connectivity index is 1.79. The Kier molecular flexibility index (Phi) is 7.32. The highest BCUT2D eigenvalue weighted by atomic mass is 31.3.